The molecule has 0 aliphatic rings. The lowest BCUT2D eigenvalue weighted by Gasteiger charge is -2.03. The molecule has 0 aliphatic carbocycles. The lowest BCUT2D eigenvalue weighted by molar-refractivity contribution is 1.00. The first-order chi connectivity index (χ1) is 6.29. The quantitative estimate of drug-likeness (QED) is 0.646. The molecule has 66 valence electrons. The largest absolute Gasteiger partial charge is 0.303 e. The second-order valence-electron chi connectivity index (χ2n) is 3.12. The molecule has 0 spiro atoms. The van der Waals surface area contributed by atoms with E-state index in [0.29, 0.717) is 0 Å². The fourth-order valence-corrected chi connectivity index (χ4v) is 1.35. The van der Waals surface area contributed by atoms with Crippen molar-refractivity contribution in [2.75, 3.05) is 0 Å². The van der Waals surface area contributed by atoms with Crippen molar-refractivity contribution in [3.8, 4) is 5.69 Å². The van der Waals surface area contributed by atoms with E-state index in [1.807, 2.05) is 31.5 Å². The third-order valence-corrected chi connectivity index (χ3v) is 2.29. The Morgan fingerprint density at radius 2 is 1.77 bits per heavy atom. The molecule has 0 atom stereocenters. The Morgan fingerprint density at radius 3 is 2.31 bits per heavy atom. The highest BCUT2D eigenvalue weighted by atomic mass is 15.1. The maximum atomic E-state index is 4.26. The molecule has 0 fully saturated rings. The predicted molar refractivity (Wildman–Crippen MR) is 53.0 cm³/mol. The summed E-state index contributed by atoms with van der Waals surface area (Å²) >= 11 is 0. The van der Waals surface area contributed by atoms with Gasteiger partial charge in [-0.1, -0.05) is 18.2 Å². The van der Waals surface area contributed by atoms with Gasteiger partial charge in [0.25, 0.3) is 0 Å². The lowest BCUT2D eigenvalue weighted by Crippen LogP contribution is -1.94. The topological polar surface area (TPSA) is 17.8 Å². The molecule has 13 heavy (non-hydrogen) atoms. The maximum absolute atomic E-state index is 4.26. The van der Waals surface area contributed by atoms with E-state index in [9.17, 15) is 0 Å². The Labute approximate surface area is 77.9 Å². The van der Waals surface area contributed by atoms with Gasteiger partial charge in [-0.25, -0.2) is 4.98 Å². The van der Waals surface area contributed by atoms with Gasteiger partial charge in [0.1, 0.15) is 0 Å². The number of hydrogen-bond acceptors (Lipinski definition) is 1. The summed E-state index contributed by atoms with van der Waals surface area (Å²) in [6.45, 7) is 4.10. The van der Waals surface area contributed by atoms with Gasteiger partial charge in [-0.2, -0.15) is 0 Å². The van der Waals surface area contributed by atoms with Crippen molar-refractivity contribution in [1.29, 1.82) is 0 Å². The molecule has 2 aromatic rings. The highest BCUT2D eigenvalue weighted by molar-refractivity contribution is 5.34. The molecule has 2 heteroatoms. The van der Waals surface area contributed by atoms with Crippen molar-refractivity contribution >= 4 is 0 Å². The van der Waals surface area contributed by atoms with Gasteiger partial charge < -0.3 is 4.57 Å². The van der Waals surface area contributed by atoms with Gasteiger partial charge in [0.15, 0.2) is 0 Å². The summed E-state index contributed by atoms with van der Waals surface area (Å²) in [4.78, 5) is 4.26. The van der Waals surface area contributed by atoms with Gasteiger partial charge in [0.05, 0.1) is 12.0 Å². The molecule has 0 N–H and O–H groups in total. The van der Waals surface area contributed by atoms with Crippen LogP contribution in [-0.2, 0) is 0 Å². The average Bonchev–Trinajstić information content (AvgIpc) is 2.49. The van der Waals surface area contributed by atoms with Crippen LogP contribution in [0.4, 0.5) is 0 Å². The molecule has 2 nitrogen and oxygen atoms in total. The summed E-state index contributed by atoms with van der Waals surface area (Å²) in [6, 6.07) is 10.2. The molecule has 0 radical (unpaired) electrons. The summed E-state index contributed by atoms with van der Waals surface area (Å²) in [7, 11) is 0. The molecule has 0 saturated heterocycles. The number of nitrogens with zero attached hydrogens (tertiary/aromatic N) is 2. The fourth-order valence-electron chi connectivity index (χ4n) is 1.35. The van der Waals surface area contributed by atoms with E-state index in [2.05, 4.69) is 28.6 Å². The van der Waals surface area contributed by atoms with Crippen molar-refractivity contribution in [2.45, 2.75) is 13.8 Å². The number of aryl methyl sites for hydroxylation is 1. The second-order valence-corrected chi connectivity index (χ2v) is 3.12. The third-order valence-electron chi connectivity index (χ3n) is 2.29. The summed E-state index contributed by atoms with van der Waals surface area (Å²) in [6.07, 6.45) is 1.86. The van der Waals surface area contributed by atoms with Crippen LogP contribution < -0.4 is 0 Å². The van der Waals surface area contributed by atoms with Gasteiger partial charge in [0.2, 0.25) is 0 Å². The summed E-state index contributed by atoms with van der Waals surface area (Å²) in [5.74, 6) is 0. The Bertz CT molecular complexity index is 401. The molecule has 0 amide bonds. The van der Waals surface area contributed by atoms with E-state index in [1.165, 1.54) is 11.4 Å². The second kappa shape index (κ2) is 3.05. The van der Waals surface area contributed by atoms with Crippen LogP contribution in [-0.4, -0.2) is 9.55 Å². The predicted octanol–water partition coefficient (Wildman–Crippen LogP) is 2.49. The first kappa shape index (κ1) is 8.05. The van der Waals surface area contributed by atoms with Crippen molar-refractivity contribution in [3.63, 3.8) is 0 Å². The van der Waals surface area contributed by atoms with Gasteiger partial charge in [-0.05, 0) is 26.0 Å². The minimum Gasteiger partial charge on any atom is -0.303 e. The van der Waals surface area contributed by atoms with Gasteiger partial charge in [-0.15, -0.1) is 0 Å². The molecule has 0 unspecified atom stereocenters. The normalized spacial score (nSPS) is 10.3. The van der Waals surface area contributed by atoms with Crippen LogP contribution in [0, 0.1) is 13.8 Å². The zero-order valence-corrected chi connectivity index (χ0v) is 7.86. The smallest absolute Gasteiger partial charge is 0.0997 e. The number of hydrogen-bond donors (Lipinski definition) is 0. The summed E-state index contributed by atoms with van der Waals surface area (Å²) < 4.78 is 2.09. The molecule has 0 aliphatic heterocycles. The van der Waals surface area contributed by atoms with Gasteiger partial charge in [0, 0.05) is 11.4 Å². The van der Waals surface area contributed by atoms with E-state index in [1.54, 1.807) is 0 Å². The maximum Gasteiger partial charge on any atom is 0.0997 e. The molecule has 0 bridgehead atoms. The Balaban J connectivity index is 2.53. The standard InChI is InChI=1S/C11H12N2/c1-9-10(2)13(8-12-9)11-6-4-3-5-7-11/h3-8H,1-2H3. The fraction of sp³-hybridized carbons (Fsp3) is 0.182. The Kier molecular flexibility index (Phi) is 1.89. The number of para-hydroxylation sites is 1. The monoisotopic (exact) mass is 172 g/mol. The van der Waals surface area contributed by atoms with E-state index in [4.69, 9.17) is 0 Å². The van der Waals surface area contributed by atoms with E-state index in [-0.39, 0.29) is 0 Å². The Morgan fingerprint density at radius 1 is 1.08 bits per heavy atom. The van der Waals surface area contributed by atoms with Gasteiger partial charge in [-0.3, -0.25) is 0 Å². The highest BCUT2D eigenvalue weighted by Gasteiger charge is 2.02. The van der Waals surface area contributed by atoms with Crippen LogP contribution in [0.25, 0.3) is 5.69 Å². The van der Waals surface area contributed by atoms with Crippen LogP contribution in [0.15, 0.2) is 36.7 Å². The number of benzene rings is 1. The molecule has 2 rings (SSSR count). The summed E-state index contributed by atoms with van der Waals surface area (Å²) in [5, 5.41) is 0. The zero-order chi connectivity index (χ0) is 9.26. The van der Waals surface area contributed by atoms with Crippen molar-refractivity contribution in [1.82, 2.24) is 9.55 Å². The van der Waals surface area contributed by atoms with Crippen molar-refractivity contribution in [3.05, 3.63) is 48.0 Å². The van der Waals surface area contributed by atoms with E-state index >= 15 is 0 Å². The number of imidazole rings is 1. The summed E-state index contributed by atoms with van der Waals surface area (Å²) in [5.41, 5.74) is 3.45. The van der Waals surface area contributed by atoms with E-state index in [0.717, 1.165) is 5.69 Å². The van der Waals surface area contributed by atoms with Gasteiger partial charge >= 0.3 is 0 Å². The zero-order valence-electron chi connectivity index (χ0n) is 7.86. The molecule has 1 aromatic heterocycles. The lowest BCUT2D eigenvalue weighted by atomic mass is 10.3. The molecular formula is C11H12N2. The van der Waals surface area contributed by atoms with E-state index < -0.39 is 0 Å². The minimum atomic E-state index is 1.09. The van der Waals surface area contributed by atoms with Crippen LogP contribution in [0.2, 0.25) is 0 Å². The minimum absolute atomic E-state index is 1.09. The third kappa shape index (κ3) is 1.35. The molecule has 0 saturated carbocycles. The number of rotatable bonds is 1. The van der Waals surface area contributed by atoms with Crippen LogP contribution in [0.5, 0.6) is 0 Å². The Hall–Kier alpha value is -1.57. The first-order valence-electron chi connectivity index (χ1n) is 4.35. The van der Waals surface area contributed by atoms with Crippen molar-refractivity contribution < 1.29 is 0 Å². The van der Waals surface area contributed by atoms with Crippen LogP contribution in [0.1, 0.15) is 11.4 Å². The first-order valence-corrected chi connectivity index (χ1v) is 4.35. The van der Waals surface area contributed by atoms with Crippen LogP contribution >= 0.6 is 0 Å². The SMILES string of the molecule is Cc1ncn(-c2ccccc2)c1C. The van der Waals surface area contributed by atoms with Crippen molar-refractivity contribution in [2.24, 2.45) is 0 Å². The molecule has 1 heterocycles. The molecular weight excluding hydrogens is 160 g/mol. The molecule has 1 aromatic carbocycles. The number of aromatic nitrogens is 2. The highest BCUT2D eigenvalue weighted by Crippen LogP contribution is 2.12. The average molecular weight is 172 g/mol. The van der Waals surface area contributed by atoms with Crippen LogP contribution in [0.3, 0.4) is 0 Å².